The number of rotatable bonds is 4. The molecule has 1 atom stereocenters. The zero-order valence-electron chi connectivity index (χ0n) is 9.24. The Morgan fingerprint density at radius 1 is 1.53 bits per heavy atom. The molecule has 1 rings (SSSR count). The summed E-state index contributed by atoms with van der Waals surface area (Å²) in [5.74, 6) is -1.66. The standard InChI is InChI=1S/C11H13ClN2O3/c1-6-2-3-7(4-8(6)12)14-10(15)5-9(13)11(16)17/h2-4,9H,5,13H2,1H3,(H,14,15)(H,16,17). The zero-order valence-corrected chi connectivity index (χ0v) is 9.99. The molecule has 1 aromatic rings. The molecule has 0 saturated carbocycles. The fraction of sp³-hybridized carbons (Fsp3) is 0.273. The van der Waals surface area contributed by atoms with Gasteiger partial charge in [0.2, 0.25) is 5.91 Å². The van der Waals surface area contributed by atoms with E-state index in [-0.39, 0.29) is 6.42 Å². The van der Waals surface area contributed by atoms with Crippen molar-refractivity contribution in [3.8, 4) is 0 Å². The first-order valence-electron chi connectivity index (χ1n) is 4.94. The van der Waals surface area contributed by atoms with Crippen molar-refractivity contribution in [2.75, 3.05) is 5.32 Å². The Morgan fingerprint density at radius 3 is 2.71 bits per heavy atom. The third-order valence-electron chi connectivity index (χ3n) is 2.18. The highest BCUT2D eigenvalue weighted by atomic mass is 35.5. The number of carbonyl (C=O) groups excluding carboxylic acids is 1. The molecule has 0 heterocycles. The third kappa shape index (κ3) is 4.05. The first-order valence-corrected chi connectivity index (χ1v) is 5.32. The van der Waals surface area contributed by atoms with Gasteiger partial charge in [0, 0.05) is 10.7 Å². The van der Waals surface area contributed by atoms with Crippen molar-refractivity contribution in [3.63, 3.8) is 0 Å². The molecule has 17 heavy (non-hydrogen) atoms. The number of nitrogens with two attached hydrogens (primary N) is 1. The van der Waals surface area contributed by atoms with Crippen LogP contribution in [0.3, 0.4) is 0 Å². The quantitative estimate of drug-likeness (QED) is 0.759. The topological polar surface area (TPSA) is 92.4 Å². The first-order chi connectivity index (χ1) is 7.90. The van der Waals surface area contributed by atoms with E-state index in [1.807, 2.05) is 6.92 Å². The van der Waals surface area contributed by atoms with Crippen LogP contribution >= 0.6 is 11.6 Å². The normalized spacial score (nSPS) is 11.9. The Balaban J connectivity index is 2.62. The summed E-state index contributed by atoms with van der Waals surface area (Å²) in [5.41, 5.74) is 6.65. The summed E-state index contributed by atoms with van der Waals surface area (Å²) in [6.07, 6.45) is -0.277. The van der Waals surface area contributed by atoms with Crippen molar-refractivity contribution in [1.29, 1.82) is 0 Å². The number of nitrogens with one attached hydrogen (secondary N) is 1. The van der Waals surface area contributed by atoms with E-state index in [0.29, 0.717) is 10.7 Å². The summed E-state index contributed by atoms with van der Waals surface area (Å²) in [4.78, 5) is 21.9. The van der Waals surface area contributed by atoms with Crippen LogP contribution in [0.2, 0.25) is 5.02 Å². The van der Waals surface area contributed by atoms with Crippen molar-refractivity contribution < 1.29 is 14.7 Å². The molecule has 4 N–H and O–H groups in total. The smallest absolute Gasteiger partial charge is 0.321 e. The molecule has 0 saturated heterocycles. The molecule has 0 spiro atoms. The van der Waals surface area contributed by atoms with Gasteiger partial charge in [-0.05, 0) is 24.6 Å². The molecule has 0 aliphatic heterocycles. The Labute approximate surface area is 104 Å². The van der Waals surface area contributed by atoms with Gasteiger partial charge >= 0.3 is 5.97 Å². The maximum atomic E-state index is 11.4. The largest absolute Gasteiger partial charge is 0.480 e. The number of hydrogen-bond donors (Lipinski definition) is 3. The highest BCUT2D eigenvalue weighted by molar-refractivity contribution is 6.31. The highest BCUT2D eigenvalue weighted by Crippen LogP contribution is 2.20. The number of aryl methyl sites for hydroxylation is 1. The minimum Gasteiger partial charge on any atom is -0.480 e. The van der Waals surface area contributed by atoms with Gasteiger partial charge in [-0.15, -0.1) is 0 Å². The van der Waals surface area contributed by atoms with Crippen LogP contribution in [0, 0.1) is 6.92 Å². The van der Waals surface area contributed by atoms with Crippen LogP contribution in [0.25, 0.3) is 0 Å². The van der Waals surface area contributed by atoms with Crippen molar-refractivity contribution in [1.82, 2.24) is 0 Å². The van der Waals surface area contributed by atoms with Crippen LogP contribution in [-0.2, 0) is 9.59 Å². The van der Waals surface area contributed by atoms with Crippen LogP contribution in [-0.4, -0.2) is 23.0 Å². The van der Waals surface area contributed by atoms with Gasteiger partial charge in [-0.25, -0.2) is 0 Å². The number of carboxylic acid groups (broad SMARTS) is 1. The van der Waals surface area contributed by atoms with Gasteiger partial charge in [-0.2, -0.15) is 0 Å². The number of carboxylic acids is 1. The van der Waals surface area contributed by atoms with Crippen LogP contribution < -0.4 is 11.1 Å². The molecule has 0 aliphatic rings. The third-order valence-corrected chi connectivity index (χ3v) is 2.59. The SMILES string of the molecule is Cc1ccc(NC(=O)CC(N)C(=O)O)cc1Cl. The van der Waals surface area contributed by atoms with Crippen molar-refractivity contribution in [2.45, 2.75) is 19.4 Å². The van der Waals surface area contributed by atoms with Gasteiger partial charge in [0.25, 0.3) is 0 Å². The minimum atomic E-state index is -1.21. The van der Waals surface area contributed by atoms with E-state index in [0.717, 1.165) is 5.56 Å². The number of carbonyl (C=O) groups is 2. The number of aliphatic carboxylic acids is 1. The van der Waals surface area contributed by atoms with Gasteiger partial charge in [-0.3, -0.25) is 9.59 Å². The molecule has 1 amide bonds. The van der Waals surface area contributed by atoms with E-state index in [4.69, 9.17) is 22.4 Å². The second-order valence-electron chi connectivity index (χ2n) is 3.66. The number of halogens is 1. The monoisotopic (exact) mass is 256 g/mol. The molecule has 5 nitrogen and oxygen atoms in total. The molecule has 0 aliphatic carbocycles. The molecular formula is C11H13ClN2O3. The van der Waals surface area contributed by atoms with E-state index in [1.54, 1.807) is 18.2 Å². The summed E-state index contributed by atoms with van der Waals surface area (Å²) in [7, 11) is 0. The highest BCUT2D eigenvalue weighted by Gasteiger charge is 2.16. The fourth-order valence-corrected chi connectivity index (χ4v) is 1.35. The van der Waals surface area contributed by atoms with Gasteiger partial charge in [0.1, 0.15) is 6.04 Å². The molecular weight excluding hydrogens is 244 g/mol. The van der Waals surface area contributed by atoms with Crippen LogP contribution in [0.4, 0.5) is 5.69 Å². The van der Waals surface area contributed by atoms with Crippen LogP contribution in [0.5, 0.6) is 0 Å². The Bertz CT molecular complexity index is 448. The second kappa shape index (κ2) is 5.65. The van der Waals surface area contributed by atoms with Gasteiger partial charge in [0.05, 0.1) is 6.42 Å². The van der Waals surface area contributed by atoms with E-state index < -0.39 is 17.9 Å². The summed E-state index contributed by atoms with van der Waals surface area (Å²) >= 11 is 5.88. The lowest BCUT2D eigenvalue weighted by molar-refractivity contribution is -0.140. The lowest BCUT2D eigenvalue weighted by Crippen LogP contribution is -2.34. The van der Waals surface area contributed by atoms with Crippen LogP contribution in [0.15, 0.2) is 18.2 Å². The molecule has 92 valence electrons. The van der Waals surface area contributed by atoms with E-state index in [1.165, 1.54) is 0 Å². The summed E-state index contributed by atoms with van der Waals surface area (Å²) in [6.45, 7) is 1.84. The Kier molecular flexibility index (Phi) is 4.48. The first kappa shape index (κ1) is 13.5. The molecule has 1 unspecified atom stereocenters. The lowest BCUT2D eigenvalue weighted by atomic mass is 10.2. The Morgan fingerprint density at radius 2 is 2.18 bits per heavy atom. The van der Waals surface area contributed by atoms with Crippen molar-refractivity contribution in [2.24, 2.45) is 5.73 Å². The van der Waals surface area contributed by atoms with E-state index in [2.05, 4.69) is 5.32 Å². The summed E-state index contributed by atoms with van der Waals surface area (Å²) in [6, 6.07) is 3.84. The Hall–Kier alpha value is -1.59. The van der Waals surface area contributed by atoms with E-state index in [9.17, 15) is 9.59 Å². The van der Waals surface area contributed by atoms with Crippen LogP contribution in [0.1, 0.15) is 12.0 Å². The number of amides is 1. The number of benzene rings is 1. The van der Waals surface area contributed by atoms with E-state index >= 15 is 0 Å². The predicted molar refractivity (Wildman–Crippen MR) is 65.0 cm³/mol. The molecule has 0 fully saturated rings. The maximum Gasteiger partial charge on any atom is 0.321 e. The maximum absolute atomic E-state index is 11.4. The summed E-state index contributed by atoms with van der Waals surface area (Å²) < 4.78 is 0. The number of hydrogen-bond acceptors (Lipinski definition) is 3. The average molecular weight is 257 g/mol. The van der Waals surface area contributed by atoms with Crippen molar-refractivity contribution in [3.05, 3.63) is 28.8 Å². The zero-order chi connectivity index (χ0) is 13.0. The van der Waals surface area contributed by atoms with Gasteiger partial charge in [0.15, 0.2) is 0 Å². The molecule has 0 bridgehead atoms. The number of anilines is 1. The molecule has 1 aromatic carbocycles. The summed E-state index contributed by atoms with van der Waals surface area (Å²) in [5, 5.41) is 11.6. The molecule has 6 heteroatoms. The van der Waals surface area contributed by atoms with Crippen molar-refractivity contribution >= 4 is 29.2 Å². The fourth-order valence-electron chi connectivity index (χ4n) is 1.17. The minimum absolute atomic E-state index is 0.277. The molecule has 0 aromatic heterocycles. The van der Waals surface area contributed by atoms with Gasteiger partial charge in [-0.1, -0.05) is 17.7 Å². The molecule has 0 radical (unpaired) electrons. The second-order valence-corrected chi connectivity index (χ2v) is 4.07. The average Bonchev–Trinajstić information content (AvgIpc) is 2.23. The lowest BCUT2D eigenvalue weighted by Gasteiger charge is -2.08. The predicted octanol–water partition coefficient (Wildman–Crippen LogP) is 1.39. The van der Waals surface area contributed by atoms with Gasteiger partial charge < -0.3 is 16.2 Å².